The first kappa shape index (κ1) is 21.4. The first-order valence-corrected chi connectivity index (χ1v) is 9.64. The second kappa shape index (κ2) is 7.19. The van der Waals surface area contributed by atoms with Gasteiger partial charge in [0.2, 0.25) is 17.4 Å². The molecule has 1 amide bonds. The van der Waals surface area contributed by atoms with Crippen LogP contribution in [0.1, 0.15) is 47.1 Å². The quantitative estimate of drug-likeness (QED) is 0.730. The van der Waals surface area contributed by atoms with Crippen LogP contribution in [-0.2, 0) is 34.0 Å². The molecule has 1 atom stereocenters. The van der Waals surface area contributed by atoms with Gasteiger partial charge in [-0.15, -0.1) is 0 Å². The molecule has 0 bridgehead atoms. The Kier molecular flexibility index (Phi) is 5.14. The zero-order valence-corrected chi connectivity index (χ0v) is 17.9. The minimum atomic E-state index is -1.59. The van der Waals surface area contributed by atoms with E-state index in [1.54, 1.807) is 65.8 Å². The van der Waals surface area contributed by atoms with Crippen molar-refractivity contribution in [3.63, 3.8) is 0 Å². The zero-order chi connectivity index (χ0) is 22.4. The monoisotopic (exact) mass is 414 g/mol. The van der Waals surface area contributed by atoms with Crippen molar-refractivity contribution < 1.29 is 28.6 Å². The molecule has 3 rings (SSSR count). The van der Waals surface area contributed by atoms with Crippen molar-refractivity contribution in [1.82, 2.24) is 0 Å². The molecule has 2 aliphatic heterocycles. The summed E-state index contributed by atoms with van der Waals surface area (Å²) >= 11 is 0. The van der Waals surface area contributed by atoms with Gasteiger partial charge in [-0.1, -0.05) is 18.2 Å². The third-order valence-electron chi connectivity index (χ3n) is 4.79. The number of esters is 2. The Morgan fingerprint density at radius 3 is 2.37 bits per heavy atom. The molecule has 1 unspecified atom stereocenters. The molecular formula is C22H26N2O6. The van der Waals surface area contributed by atoms with Gasteiger partial charge in [-0.05, 0) is 47.6 Å². The van der Waals surface area contributed by atoms with E-state index < -0.39 is 40.7 Å². The van der Waals surface area contributed by atoms with E-state index in [0.29, 0.717) is 11.3 Å². The third-order valence-corrected chi connectivity index (χ3v) is 4.79. The van der Waals surface area contributed by atoms with Gasteiger partial charge in [-0.3, -0.25) is 4.79 Å². The van der Waals surface area contributed by atoms with Gasteiger partial charge in [0.1, 0.15) is 11.0 Å². The lowest BCUT2D eigenvalue weighted by atomic mass is 9.71. The predicted molar refractivity (Wildman–Crippen MR) is 109 cm³/mol. The van der Waals surface area contributed by atoms with Crippen LogP contribution in [0.2, 0.25) is 0 Å². The van der Waals surface area contributed by atoms with Gasteiger partial charge in [0.05, 0.1) is 11.8 Å². The molecule has 0 aliphatic carbocycles. The molecule has 30 heavy (non-hydrogen) atoms. The van der Waals surface area contributed by atoms with Crippen molar-refractivity contribution in [2.45, 2.75) is 58.7 Å². The first-order valence-electron chi connectivity index (χ1n) is 9.64. The highest BCUT2D eigenvalue weighted by Crippen LogP contribution is 2.50. The molecule has 1 spiro atoms. The summed E-state index contributed by atoms with van der Waals surface area (Å²) in [4.78, 5) is 38.9. The number of ether oxygens (including phenoxy) is 3. The number of amides is 1. The lowest BCUT2D eigenvalue weighted by Gasteiger charge is -2.35. The molecule has 0 fully saturated rings. The number of nitrogens with two attached hydrogens (primary N) is 1. The number of nitrogens with one attached hydrogen (secondary N) is 1. The summed E-state index contributed by atoms with van der Waals surface area (Å²) in [6.07, 6.45) is -0.435. The van der Waals surface area contributed by atoms with Crippen LogP contribution in [0, 0.1) is 0 Å². The van der Waals surface area contributed by atoms with E-state index in [2.05, 4.69) is 5.32 Å². The fourth-order valence-electron chi connectivity index (χ4n) is 3.61. The maximum absolute atomic E-state index is 13.3. The van der Waals surface area contributed by atoms with Crippen molar-refractivity contribution in [2.24, 2.45) is 5.73 Å². The van der Waals surface area contributed by atoms with Crippen molar-refractivity contribution in [1.29, 1.82) is 0 Å². The number of hydrogen-bond donors (Lipinski definition) is 2. The molecule has 0 aromatic heterocycles. The third kappa shape index (κ3) is 3.32. The van der Waals surface area contributed by atoms with E-state index in [1.165, 1.54) is 0 Å². The molecule has 1 aromatic rings. The highest BCUT2D eigenvalue weighted by molar-refractivity contribution is 6.13. The summed E-state index contributed by atoms with van der Waals surface area (Å²) < 4.78 is 16.3. The largest absolute Gasteiger partial charge is 0.457 e. The Bertz CT molecular complexity index is 999. The van der Waals surface area contributed by atoms with Crippen LogP contribution in [-0.4, -0.2) is 29.6 Å². The maximum Gasteiger partial charge on any atom is 0.376 e. The topological polar surface area (TPSA) is 117 Å². The van der Waals surface area contributed by atoms with Gasteiger partial charge in [-0.25, -0.2) is 9.59 Å². The van der Waals surface area contributed by atoms with Crippen LogP contribution < -0.4 is 11.1 Å². The molecule has 160 valence electrons. The van der Waals surface area contributed by atoms with Gasteiger partial charge < -0.3 is 25.3 Å². The number of carbonyl (C=O) groups is 3. The number of hydrogen-bond acceptors (Lipinski definition) is 7. The fraction of sp³-hybridized carbons (Fsp3) is 0.409. The Morgan fingerprint density at radius 1 is 1.13 bits per heavy atom. The highest BCUT2D eigenvalue weighted by Gasteiger charge is 2.57. The number of anilines is 1. The van der Waals surface area contributed by atoms with E-state index >= 15 is 0 Å². The molecule has 3 N–H and O–H groups in total. The molecule has 2 heterocycles. The number of benzene rings is 1. The SMILES string of the molecule is CC1=C(C(=O)OC(C)C)OC(C(=O)OC(C)(C)C)=C(N)C12C(=O)Nc1ccccc12. The summed E-state index contributed by atoms with van der Waals surface area (Å²) in [5.41, 5.74) is 5.12. The molecule has 8 nitrogen and oxygen atoms in total. The van der Waals surface area contributed by atoms with E-state index in [1.807, 2.05) is 0 Å². The Balaban J connectivity index is 2.26. The van der Waals surface area contributed by atoms with Crippen LogP contribution in [0.15, 0.2) is 47.1 Å². The van der Waals surface area contributed by atoms with Crippen LogP contribution in [0.25, 0.3) is 0 Å². The van der Waals surface area contributed by atoms with Crippen LogP contribution in [0.3, 0.4) is 0 Å². The second-order valence-electron chi connectivity index (χ2n) is 8.50. The molecule has 1 aromatic carbocycles. The smallest absolute Gasteiger partial charge is 0.376 e. The van der Waals surface area contributed by atoms with E-state index in [0.717, 1.165) is 0 Å². The van der Waals surface area contributed by atoms with Crippen molar-refractivity contribution in [3.05, 3.63) is 52.6 Å². The summed E-state index contributed by atoms with van der Waals surface area (Å²) in [5.74, 6) is -2.83. The van der Waals surface area contributed by atoms with Crippen molar-refractivity contribution in [2.75, 3.05) is 5.32 Å². The normalized spacial score (nSPS) is 20.8. The number of para-hydroxylation sites is 1. The van der Waals surface area contributed by atoms with Gasteiger partial charge in [-0.2, -0.15) is 0 Å². The van der Waals surface area contributed by atoms with Crippen molar-refractivity contribution >= 4 is 23.5 Å². The predicted octanol–water partition coefficient (Wildman–Crippen LogP) is 2.64. The average molecular weight is 414 g/mol. The first-order chi connectivity index (χ1) is 13.9. The summed E-state index contributed by atoms with van der Waals surface area (Å²) in [6.45, 7) is 10.00. The van der Waals surface area contributed by atoms with E-state index in [4.69, 9.17) is 19.9 Å². The molecule has 0 saturated carbocycles. The van der Waals surface area contributed by atoms with Gasteiger partial charge in [0, 0.05) is 16.8 Å². The summed E-state index contributed by atoms with van der Waals surface area (Å²) in [7, 11) is 0. The standard InChI is InChI=1S/C22H26N2O6/c1-11(2)28-18(25)15-12(3)22(13-9-7-8-10-14(13)24-20(22)27)17(23)16(29-15)19(26)30-21(4,5)6/h7-11H,23H2,1-6H3,(H,24,27). The molecule has 0 saturated heterocycles. The van der Waals surface area contributed by atoms with Crippen molar-refractivity contribution in [3.8, 4) is 0 Å². The van der Waals surface area contributed by atoms with Gasteiger partial charge in [0.15, 0.2) is 0 Å². The Hall–Kier alpha value is -3.29. The summed E-state index contributed by atoms with van der Waals surface area (Å²) in [6, 6.07) is 6.94. The minimum Gasteiger partial charge on any atom is -0.457 e. The molecule has 8 heteroatoms. The fourth-order valence-corrected chi connectivity index (χ4v) is 3.61. The molecular weight excluding hydrogens is 388 g/mol. The lowest BCUT2D eigenvalue weighted by molar-refractivity contribution is -0.155. The average Bonchev–Trinajstić information content (AvgIpc) is 2.90. The minimum absolute atomic E-state index is 0.141. The summed E-state index contributed by atoms with van der Waals surface area (Å²) in [5, 5.41) is 2.78. The maximum atomic E-state index is 13.3. The highest BCUT2D eigenvalue weighted by atomic mass is 16.6. The second-order valence-corrected chi connectivity index (χ2v) is 8.50. The number of rotatable bonds is 3. The van der Waals surface area contributed by atoms with E-state index in [-0.39, 0.29) is 17.0 Å². The zero-order valence-electron chi connectivity index (χ0n) is 17.9. The van der Waals surface area contributed by atoms with Gasteiger partial charge in [0.25, 0.3) is 0 Å². The van der Waals surface area contributed by atoms with Crippen LogP contribution >= 0.6 is 0 Å². The molecule has 0 radical (unpaired) electrons. The Labute approximate surface area is 175 Å². The Morgan fingerprint density at radius 2 is 1.77 bits per heavy atom. The van der Waals surface area contributed by atoms with Crippen LogP contribution in [0.4, 0.5) is 5.69 Å². The van der Waals surface area contributed by atoms with Gasteiger partial charge >= 0.3 is 11.9 Å². The van der Waals surface area contributed by atoms with Crippen LogP contribution in [0.5, 0.6) is 0 Å². The number of carbonyl (C=O) groups excluding carboxylic acids is 3. The van der Waals surface area contributed by atoms with E-state index in [9.17, 15) is 14.4 Å². The lowest BCUT2D eigenvalue weighted by Crippen LogP contribution is -2.47. The molecule has 2 aliphatic rings. The number of fused-ring (bicyclic) bond motifs is 2.